The van der Waals surface area contributed by atoms with Gasteiger partial charge in [-0.05, 0) is 12.1 Å². The second kappa shape index (κ2) is 2.77. The van der Waals surface area contributed by atoms with Crippen molar-refractivity contribution in [1.29, 1.82) is 0 Å². The molecule has 0 aliphatic heterocycles. The Morgan fingerprint density at radius 3 is 2.83 bits per heavy atom. The summed E-state index contributed by atoms with van der Waals surface area (Å²) < 4.78 is 14.5. The van der Waals surface area contributed by atoms with Gasteiger partial charge in [-0.25, -0.2) is 9.07 Å². The van der Waals surface area contributed by atoms with Gasteiger partial charge in [0, 0.05) is 12.3 Å². The molecule has 0 N–H and O–H groups in total. The van der Waals surface area contributed by atoms with Crippen LogP contribution >= 0.6 is 0 Å². The Morgan fingerprint density at radius 1 is 1.33 bits per heavy atom. The third-order valence-corrected chi connectivity index (χ3v) is 1.55. The first kappa shape index (κ1) is 7.03. The molecular formula is C9H6FN2. The summed E-state index contributed by atoms with van der Waals surface area (Å²) in [5.74, 6) is -0.283. The highest BCUT2D eigenvalue weighted by atomic mass is 19.1. The zero-order valence-corrected chi connectivity index (χ0v) is 6.24. The number of aromatic nitrogens is 2. The molecule has 1 heterocycles. The molecule has 1 aromatic carbocycles. The Bertz CT molecular complexity index is 368. The molecule has 1 radical (unpaired) electrons. The Hall–Kier alpha value is -1.64. The van der Waals surface area contributed by atoms with E-state index in [1.54, 1.807) is 24.4 Å². The van der Waals surface area contributed by atoms with Gasteiger partial charge in [-0.15, -0.1) is 0 Å². The molecule has 0 atom stereocenters. The molecule has 3 heteroatoms. The van der Waals surface area contributed by atoms with Crippen LogP contribution in [-0.4, -0.2) is 9.78 Å². The lowest BCUT2D eigenvalue weighted by Gasteiger charge is -2.00. The minimum Gasteiger partial charge on any atom is -0.237 e. The fourth-order valence-corrected chi connectivity index (χ4v) is 1.00. The van der Waals surface area contributed by atoms with Crippen molar-refractivity contribution < 1.29 is 4.39 Å². The third-order valence-electron chi connectivity index (χ3n) is 1.55. The van der Waals surface area contributed by atoms with Crippen molar-refractivity contribution in [3.8, 4) is 5.69 Å². The summed E-state index contributed by atoms with van der Waals surface area (Å²) in [5.41, 5.74) is 0.443. The number of hydrogen-bond acceptors (Lipinski definition) is 1. The van der Waals surface area contributed by atoms with E-state index in [1.807, 2.05) is 0 Å². The lowest BCUT2D eigenvalue weighted by Crippen LogP contribution is -1.96. The zero-order chi connectivity index (χ0) is 8.39. The van der Waals surface area contributed by atoms with Crippen molar-refractivity contribution in [3.05, 3.63) is 48.5 Å². The average Bonchev–Trinajstić information content (AvgIpc) is 2.57. The summed E-state index contributed by atoms with van der Waals surface area (Å²) >= 11 is 0. The maximum Gasteiger partial charge on any atom is 0.148 e. The summed E-state index contributed by atoms with van der Waals surface area (Å²) in [7, 11) is 0. The van der Waals surface area contributed by atoms with Crippen LogP contribution in [0.15, 0.2) is 36.7 Å². The van der Waals surface area contributed by atoms with Crippen molar-refractivity contribution in [3.63, 3.8) is 0 Å². The first-order chi connectivity index (χ1) is 5.88. The highest BCUT2D eigenvalue weighted by Gasteiger charge is 2.01. The van der Waals surface area contributed by atoms with Crippen LogP contribution in [0.1, 0.15) is 0 Å². The molecule has 12 heavy (non-hydrogen) atoms. The van der Waals surface area contributed by atoms with E-state index in [-0.39, 0.29) is 5.82 Å². The first-order valence-corrected chi connectivity index (χ1v) is 3.53. The van der Waals surface area contributed by atoms with Gasteiger partial charge in [0.25, 0.3) is 0 Å². The van der Waals surface area contributed by atoms with E-state index in [1.165, 1.54) is 16.9 Å². The monoisotopic (exact) mass is 161 g/mol. The van der Waals surface area contributed by atoms with Gasteiger partial charge >= 0.3 is 0 Å². The predicted molar refractivity (Wildman–Crippen MR) is 42.4 cm³/mol. The maximum absolute atomic E-state index is 13.1. The van der Waals surface area contributed by atoms with E-state index in [0.29, 0.717) is 5.69 Å². The highest BCUT2D eigenvalue weighted by molar-refractivity contribution is 5.31. The number of hydrogen-bond donors (Lipinski definition) is 0. The van der Waals surface area contributed by atoms with Gasteiger partial charge in [0.2, 0.25) is 0 Å². The molecule has 2 nitrogen and oxygen atoms in total. The Morgan fingerprint density at radius 2 is 2.17 bits per heavy atom. The second-order valence-electron chi connectivity index (χ2n) is 2.34. The van der Waals surface area contributed by atoms with Crippen molar-refractivity contribution in [1.82, 2.24) is 9.78 Å². The summed E-state index contributed by atoms with van der Waals surface area (Å²) in [4.78, 5) is 0. The molecule has 0 saturated carbocycles. The quantitative estimate of drug-likeness (QED) is 0.623. The molecule has 0 amide bonds. The summed E-state index contributed by atoms with van der Waals surface area (Å²) in [6.07, 6.45) is 3.07. The van der Waals surface area contributed by atoms with E-state index in [2.05, 4.69) is 11.2 Å². The van der Waals surface area contributed by atoms with Gasteiger partial charge < -0.3 is 0 Å². The molecule has 0 unspecified atom stereocenters. The Balaban J connectivity index is 2.55. The molecule has 2 rings (SSSR count). The standard InChI is InChI=1S/C9H6FN2/c10-8-4-1-2-5-9(8)12-7-3-6-11-12/h1-2,4-7H. The normalized spacial score (nSPS) is 10.1. The Labute approximate surface area is 69.3 Å². The smallest absolute Gasteiger partial charge is 0.148 e. The van der Waals surface area contributed by atoms with Gasteiger partial charge in [-0.3, -0.25) is 0 Å². The minimum absolute atomic E-state index is 0.283. The van der Waals surface area contributed by atoms with Crippen LogP contribution in [0.25, 0.3) is 5.69 Å². The van der Waals surface area contributed by atoms with E-state index in [4.69, 9.17) is 0 Å². The van der Waals surface area contributed by atoms with Crippen molar-refractivity contribution in [2.45, 2.75) is 0 Å². The Kier molecular flexibility index (Phi) is 1.63. The highest BCUT2D eigenvalue weighted by Crippen LogP contribution is 2.09. The number of para-hydroxylation sites is 1. The topological polar surface area (TPSA) is 17.8 Å². The largest absolute Gasteiger partial charge is 0.237 e. The molecule has 59 valence electrons. The SMILES string of the molecule is Fc1ccccc1-n1c[c]cn1. The molecule has 0 fully saturated rings. The molecule has 0 saturated heterocycles. The van der Waals surface area contributed by atoms with Crippen LogP contribution in [0.2, 0.25) is 0 Å². The van der Waals surface area contributed by atoms with E-state index >= 15 is 0 Å². The molecule has 2 aromatic rings. The van der Waals surface area contributed by atoms with Crippen LogP contribution in [0.4, 0.5) is 4.39 Å². The zero-order valence-electron chi connectivity index (χ0n) is 6.24. The molecule has 0 aliphatic rings. The predicted octanol–water partition coefficient (Wildman–Crippen LogP) is 1.81. The van der Waals surface area contributed by atoms with Crippen LogP contribution in [0.3, 0.4) is 0 Å². The van der Waals surface area contributed by atoms with Crippen molar-refractivity contribution in [2.24, 2.45) is 0 Å². The number of nitrogens with zero attached hydrogens (tertiary/aromatic N) is 2. The molecule has 0 spiro atoms. The fourth-order valence-electron chi connectivity index (χ4n) is 1.00. The first-order valence-electron chi connectivity index (χ1n) is 3.53. The van der Waals surface area contributed by atoms with Crippen LogP contribution in [0.5, 0.6) is 0 Å². The second-order valence-corrected chi connectivity index (χ2v) is 2.34. The van der Waals surface area contributed by atoms with Crippen LogP contribution in [0, 0.1) is 11.9 Å². The lowest BCUT2D eigenvalue weighted by atomic mass is 10.3. The van der Waals surface area contributed by atoms with Crippen molar-refractivity contribution >= 4 is 0 Å². The van der Waals surface area contributed by atoms with Gasteiger partial charge in [-0.2, -0.15) is 5.10 Å². The van der Waals surface area contributed by atoms with Crippen molar-refractivity contribution in [2.75, 3.05) is 0 Å². The number of halogens is 1. The number of rotatable bonds is 1. The average molecular weight is 161 g/mol. The van der Waals surface area contributed by atoms with Gasteiger partial charge in [0.05, 0.1) is 6.20 Å². The number of benzene rings is 1. The summed E-state index contributed by atoms with van der Waals surface area (Å²) in [5, 5.41) is 3.87. The van der Waals surface area contributed by atoms with E-state index in [9.17, 15) is 4.39 Å². The lowest BCUT2D eigenvalue weighted by molar-refractivity contribution is 0.611. The maximum atomic E-state index is 13.1. The van der Waals surface area contributed by atoms with Crippen LogP contribution in [-0.2, 0) is 0 Å². The summed E-state index contributed by atoms with van der Waals surface area (Å²) in [6, 6.07) is 9.21. The van der Waals surface area contributed by atoms with Crippen LogP contribution < -0.4 is 0 Å². The fraction of sp³-hybridized carbons (Fsp3) is 0. The molecule has 0 bridgehead atoms. The molecule has 1 aromatic heterocycles. The molecule has 0 aliphatic carbocycles. The minimum atomic E-state index is -0.283. The van der Waals surface area contributed by atoms with Gasteiger partial charge in [-0.1, -0.05) is 12.1 Å². The third kappa shape index (κ3) is 1.09. The van der Waals surface area contributed by atoms with E-state index in [0.717, 1.165) is 0 Å². The van der Waals surface area contributed by atoms with Gasteiger partial charge in [0.1, 0.15) is 11.5 Å². The molecular weight excluding hydrogens is 155 g/mol. The van der Waals surface area contributed by atoms with Gasteiger partial charge in [0.15, 0.2) is 0 Å². The summed E-state index contributed by atoms with van der Waals surface area (Å²) in [6.45, 7) is 0. The van der Waals surface area contributed by atoms with E-state index < -0.39 is 0 Å².